The van der Waals surface area contributed by atoms with Gasteiger partial charge < -0.3 is 4.90 Å². The molecule has 2 aromatic rings. The zero-order valence-electron chi connectivity index (χ0n) is 13.1. The van der Waals surface area contributed by atoms with E-state index in [9.17, 15) is 4.79 Å². The summed E-state index contributed by atoms with van der Waals surface area (Å²) in [7, 11) is 0. The summed E-state index contributed by atoms with van der Waals surface area (Å²) in [5, 5.41) is 6.41. The van der Waals surface area contributed by atoms with Crippen LogP contribution in [0.1, 0.15) is 18.2 Å². The van der Waals surface area contributed by atoms with Crippen LogP contribution in [0.2, 0.25) is 5.02 Å². The lowest BCUT2D eigenvalue weighted by Gasteiger charge is -2.36. The molecule has 0 atom stereocenters. The minimum Gasteiger partial charge on any atom is -0.366 e. The fourth-order valence-electron chi connectivity index (χ4n) is 2.92. The lowest BCUT2D eigenvalue weighted by Crippen LogP contribution is -2.46. The molecule has 0 unspecified atom stereocenters. The molecule has 3 heterocycles. The van der Waals surface area contributed by atoms with Gasteiger partial charge in [-0.1, -0.05) is 24.6 Å². The van der Waals surface area contributed by atoms with Crippen LogP contribution in [0.4, 0.5) is 5.69 Å². The van der Waals surface area contributed by atoms with Gasteiger partial charge in [-0.2, -0.15) is 5.10 Å². The minimum absolute atomic E-state index is 0.217. The highest BCUT2D eigenvalue weighted by Gasteiger charge is 2.21. The van der Waals surface area contributed by atoms with Crippen LogP contribution in [0, 0.1) is 0 Å². The first-order valence-corrected chi connectivity index (χ1v) is 8.20. The van der Waals surface area contributed by atoms with Gasteiger partial charge in [0.25, 0.3) is 5.56 Å². The largest absolute Gasteiger partial charge is 0.366 e. The third-order valence-corrected chi connectivity index (χ3v) is 4.57. The van der Waals surface area contributed by atoms with Crippen molar-refractivity contribution in [3.63, 3.8) is 0 Å². The van der Waals surface area contributed by atoms with Crippen LogP contribution in [-0.4, -0.2) is 46.3 Å². The Morgan fingerprint density at radius 2 is 2.09 bits per heavy atom. The Hall–Kier alpha value is -1.92. The lowest BCUT2D eigenvalue weighted by molar-refractivity contribution is 0.249. The standard InChI is InChI=1S/C16H20ClN5O/c1-2-13-12(4-3-5-18-13)11-21-6-8-22(9-7-21)14-10-19-20-16(23)15(14)17/h3-5,10H,2,6-9,11H2,1H3,(H,20,23). The molecule has 122 valence electrons. The first-order valence-electron chi connectivity index (χ1n) is 7.82. The van der Waals surface area contributed by atoms with Crippen LogP contribution in [-0.2, 0) is 13.0 Å². The number of hydrogen-bond acceptors (Lipinski definition) is 5. The van der Waals surface area contributed by atoms with E-state index in [1.165, 1.54) is 5.56 Å². The molecule has 1 N–H and O–H groups in total. The molecule has 0 amide bonds. The van der Waals surface area contributed by atoms with E-state index in [0.717, 1.165) is 44.8 Å². The summed E-state index contributed by atoms with van der Waals surface area (Å²) in [6.45, 7) is 6.53. The number of anilines is 1. The van der Waals surface area contributed by atoms with E-state index in [0.29, 0.717) is 5.69 Å². The molecule has 0 spiro atoms. The number of aromatic nitrogens is 3. The highest BCUT2D eigenvalue weighted by Crippen LogP contribution is 2.22. The zero-order valence-corrected chi connectivity index (χ0v) is 13.9. The second kappa shape index (κ2) is 7.10. The Balaban J connectivity index is 1.64. The number of halogens is 1. The second-order valence-corrected chi connectivity index (χ2v) is 6.00. The number of pyridine rings is 1. The van der Waals surface area contributed by atoms with E-state index in [4.69, 9.17) is 11.6 Å². The second-order valence-electron chi connectivity index (χ2n) is 5.62. The third-order valence-electron chi connectivity index (χ3n) is 4.20. The molecule has 0 saturated carbocycles. The van der Waals surface area contributed by atoms with Gasteiger partial charge in [-0.05, 0) is 18.1 Å². The molecule has 23 heavy (non-hydrogen) atoms. The molecule has 1 aliphatic heterocycles. The van der Waals surface area contributed by atoms with Gasteiger partial charge in [-0.25, -0.2) is 5.10 Å². The predicted octanol–water partition coefficient (Wildman–Crippen LogP) is 1.70. The summed E-state index contributed by atoms with van der Waals surface area (Å²) in [6.07, 6.45) is 4.42. The fraction of sp³-hybridized carbons (Fsp3) is 0.438. The number of nitrogens with zero attached hydrogens (tertiary/aromatic N) is 4. The van der Waals surface area contributed by atoms with Crippen molar-refractivity contribution in [2.75, 3.05) is 31.1 Å². The Bertz CT molecular complexity index is 724. The van der Waals surface area contributed by atoms with Crippen molar-refractivity contribution >= 4 is 17.3 Å². The summed E-state index contributed by atoms with van der Waals surface area (Å²) in [4.78, 5) is 20.5. The Morgan fingerprint density at radius 3 is 2.83 bits per heavy atom. The molecule has 0 bridgehead atoms. The molecule has 0 aromatic carbocycles. The van der Waals surface area contributed by atoms with Gasteiger partial charge in [0.05, 0.1) is 11.9 Å². The predicted molar refractivity (Wildman–Crippen MR) is 91.0 cm³/mol. The van der Waals surface area contributed by atoms with Crippen LogP contribution >= 0.6 is 11.6 Å². The van der Waals surface area contributed by atoms with E-state index in [1.54, 1.807) is 6.20 Å². The van der Waals surface area contributed by atoms with Gasteiger partial charge in [0, 0.05) is 44.6 Å². The fourth-order valence-corrected chi connectivity index (χ4v) is 3.13. The van der Waals surface area contributed by atoms with Crippen LogP contribution < -0.4 is 10.5 Å². The van der Waals surface area contributed by atoms with Gasteiger partial charge >= 0.3 is 0 Å². The summed E-state index contributed by atoms with van der Waals surface area (Å²) in [5.74, 6) is 0. The molecule has 6 nitrogen and oxygen atoms in total. The van der Waals surface area contributed by atoms with E-state index >= 15 is 0 Å². The van der Waals surface area contributed by atoms with Crippen LogP contribution in [0.5, 0.6) is 0 Å². The van der Waals surface area contributed by atoms with Crippen molar-refractivity contribution < 1.29 is 0 Å². The average molecular weight is 334 g/mol. The molecular formula is C16H20ClN5O. The van der Waals surface area contributed by atoms with E-state index in [-0.39, 0.29) is 10.6 Å². The van der Waals surface area contributed by atoms with Crippen LogP contribution in [0.15, 0.2) is 29.3 Å². The first kappa shape index (κ1) is 16.0. The normalized spacial score (nSPS) is 15.8. The Morgan fingerprint density at radius 1 is 1.30 bits per heavy atom. The summed E-state index contributed by atoms with van der Waals surface area (Å²) in [6, 6.07) is 4.14. The lowest BCUT2D eigenvalue weighted by atomic mass is 10.1. The quantitative estimate of drug-likeness (QED) is 0.922. The van der Waals surface area contributed by atoms with Crippen LogP contribution in [0.25, 0.3) is 0 Å². The van der Waals surface area contributed by atoms with Gasteiger partial charge in [0.15, 0.2) is 0 Å². The van der Waals surface area contributed by atoms with Crippen LogP contribution in [0.3, 0.4) is 0 Å². The smallest absolute Gasteiger partial charge is 0.285 e. The molecule has 1 saturated heterocycles. The van der Waals surface area contributed by atoms with E-state index < -0.39 is 0 Å². The molecular weight excluding hydrogens is 314 g/mol. The van der Waals surface area contributed by atoms with Gasteiger partial charge in [-0.3, -0.25) is 14.7 Å². The maximum Gasteiger partial charge on any atom is 0.285 e. The maximum atomic E-state index is 11.6. The van der Waals surface area contributed by atoms with Gasteiger partial charge in [0.1, 0.15) is 5.02 Å². The van der Waals surface area contributed by atoms with E-state index in [1.807, 2.05) is 12.3 Å². The number of hydrogen-bond donors (Lipinski definition) is 1. The molecule has 3 rings (SSSR count). The molecule has 1 aliphatic rings. The minimum atomic E-state index is -0.338. The Kier molecular flexibility index (Phi) is 4.93. The molecule has 7 heteroatoms. The van der Waals surface area contributed by atoms with Crippen molar-refractivity contribution in [3.05, 3.63) is 51.2 Å². The highest BCUT2D eigenvalue weighted by molar-refractivity contribution is 6.32. The zero-order chi connectivity index (χ0) is 16.2. The molecule has 2 aromatic heterocycles. The molecule has 0 radical (unpaired) electrons. The van der Waals surface area contributed by atoms with Gasteiger partial charge in [-0.15, -0.1) is 0 Å². The molecule has 1 fully saturated rings. The van der Waals surface area contributed by atoms with E-state index in [2.05, 4.69) is 38.0 Å². The molecule has 0 aliphatic carbocycles. The number of piperazine rings is 1. The van der Waals surface area contributed by atoms with Crippen molar-refractivity contribution in [2.45, 2.75) is 19.9 Å². The van der Waals surface area contributed by atoms with Crippen molar-refractivity contribution in [2.24, 2.45) is 0 Å². The number of nitrogens with one attached hydrogen (secondary N) is 1. The summed E-state index contributed by atoms with van der Waals surface area (Å²) >= 11 is 6.09. The van der Waals surface area contributed by atoms with Crippen molar-refractivity contribution in [1.82, 2.24) is 20.1 Å². The topological polar surface area (TPSA) is 65.1 Å². The Labute approximate surface area is 140 Å². The average Bonchev–Trinajstić information content (AvgIpc) is 2.59. The van der Waals surface area contributed by atoms with Crippen molar-refractivity contribution in [3.8, 4) is 0 Å². The summed E-state index contributed by atoms with van der Waals surface area (Å²) in [5.41, 5.74) is 2.83. The maximum absolute atomic E-state index is 11.6. The SMILES string of the molecule is CCc1ncccc1CN1CCN(c2cn[nH]c(=O)c2Cl)CC1. The summed E-state index contributed by atoms with van der Waals surface area (Å²) < 4.78 is 0. The monoisotopic (exact) mass is 333 g/mol. The van der Waals surface area contributed by atoms with Crippen molar-refractivity contribution in [1.29, 1.82) is 0 Å². The third kappa shape index (κ3) is 3.54. The first-order chi connectivity index (χ1) is 11.2. The number of rotatable bonds is 4. The van der Waals surface area contributed by atoms with Gasteiger partial charge in [0.2, 0.25) is 0 Å². The highest BCUT2D eigenvalue weighted by atomic mass is 35.5. The number of aromatic amines is 1. The number of H-pyrrole nitrogens is 1. The number of aryl methyl sites for hydroxylation is 1.